The monoisotopic (exact) mass is 224 g/mol. The second kappa shape index (κ2) is 4.34. The van der Waals surface area contributed by atoms with Crippen molar-refractivity contribution >= 4 is 0 Å². The van der Waals surface area contributed by atoms with Crippen LogP contribution in [0.2, 0.25) is 0 Å². The first kappa shape index (κ1) is 9.43. The molecule has 0 aromatic heterocycles. The van der Waals surface area contributed by atoms with E-state index in [-0.39, 0.29) is 6.04 Å². The van der Waals surface area contributed by atoms with E-state index in [9.17, 15) is 0 Å². The molecule has 1 heterocycles. The van der Waals surface area contributed by atoms with Gasteiger partial charge in [0.05, 0.1) is 13.4 Å². The van der Waals surface area contributed by atoms with Gasteiger partial charge in [0, 0.05) is 0 Å². The molecular formula is C16H17N. The number of hydrogen-bond donors (Lipinski definition) is 0. The lowest BCUT2D eigenvalue weighted by Gasteiger charge is -1.97. The lowest BCUT2D eigenvalue weighted by atomic mass is 10.0. The van der Waals surface area contributed by atoms with E-state index in [0.717, 1.165) is 12.1 Å². The molecule has 0 aliphatic carbocycles. The number of likely N-dealkylation sites (N-methyl/N-ethyl adjacent to an activating group) is 1. The summed E-state index contributed by atoms with van der Waals surface area (Å²) < 4.78 is 8.76. The minimum absolute atomic E-state index is 0.186. The lowest BCUT2D eigenvalue weighted by molar-refractivity contribution is 0.514. The van der Waals surface area contributed by atoms with E-state index in [1.807, 2.05) is 36.4 Å². The van der Waals surface area contributed by atoms with E-state index in [0.29, 0.717) is 0 Å². The van der Waals surface area contributed by atoms with E-state index in [1.165, 1.54) is 5.56 Å². The highest BCUT2D eigenvalue weighted by molar-refractivity contribution is 5.34. The smallest absolute Gasteiger partial charge is 0.0552 e. The van der Waals surface area contributed by atoms with E-state index in [2.05, 4.69) is 36.1 Å². The fraction of sp³-hybridized carbons (Fsp3) is 0.250. The molecule has 1 nitrogen and oxygen atoms in total. The Morgan fingerprint density at radius 1 is 0.941 bits per heavy atom. The Balaban J connectivity index is 1.99. The highest BCUT2D eigenvalue weighted by Gasteiger charge is 2.47. The minimum atomic E-state index is -0.586. The van der Waals surface area contributed by atoms with Crippen LogP contribution in [0, 0.1) is 0 Å². The van der Waals surface area contributed by atoms with Crippen molar-refractivity contribution in [2.24, 2.45) is 0 Å². The van der Waals surface area contributed by atoms with Gasteiger partial charge in [-0.05, 0) is 17.7 Å². The van der Waals surface area contributed by atoms with E-state index in [1.54, 1.807) is 0 Å². The van der Waals surface area contributed by atoms with Crippen LogP contribution in [0.15, 0.2) is 60.7 Å². The van der Waals surface area contributed by atoms with Gasteiger partial charge in [-0.2, -0.15) is 0 Å². The van der Waals surface area contributed by atoms with Crippen LogP contribution in [-0.2, 0) is 0 Å². The van der Waals surface area contributed by atoms with Crippen molar-refractivity contribution in [1.29, 1.82) is 0 Å². The fourth-order valence-electron chi connectivity index (χ4n) is 2.49. The third-order valence-corrected chi connectivity index (χ3v) is 3.34. The molecular weight excluding hydrogens is 206 g/mol. The van der Waals surface area contributed by atoms with Gasteiger partial charge in [0.15, 0.2) is 0 Å². The first-order valence-electron chi connectivity index (χ1n) is 6.65. The Kier molecular flexibility index (Phi) is 2.41. The zero-order chi connectivity index (χ0) is 12.6. The molecule has 0 bridgehead atoms. The maximum absolute atomic E-state index is 8.76. The third-order valence-electron chi connectivity index (χ3n) is 3.34. The molecule has 1 fully saturated rings. The second-order valence-corrected chi connectivity index (χ2v) is 4.35. The van der Waals surface area contributed by atoms with Gasteiger partial charge in [0.1, 0.15) is 0 Å². The van der Waals surface area contributed by atoms with Crippen molar-refractivity contribution in [3.63, 3.8) is 0 Å². The minimum Gasteiger partial charge on any atom is -0.286 e. The zero-order valence-electron chi connectivity index (χ0n) is 11.0. The van der Waals surface area contributed by atoms with Crippen LogP contribution >= 0.6 is 0 Å². The molecule has 3 atom stereocenters. The molecule has 1 aliphatic heterocycles. The SMILES string of the molecule is [2H][C@@]1(c2ccccc2)[C@H](c2ccccc2)N1CC. The summed E-state index contributed by atoms with van der Waals surface area (Å²) in [6, 6.07) is 20.1. The average Bonchev–Trinajstić information content (AvgIpc) is 3.07. The number of nitrogens with zero attached hydrogens (tertiary/aromatic N) is 1. The maximum Gasteiger partial charge on any atom is 0.0552 e. The van der Waals surface area contributed by atoms with Crippen LogP contribution in [0.5, 0.6) is 0 Å². The van der Waals surface area contributed by atoms with Gasteiger partial charge in [-0.3, -0.25) is 4.90 Å². The van der Waals surface area contributed by atoms with Gasteiger partial charge in [0.25, 0.3) is 0 Å². The molecule has 1 unspecified atom stereocenters. The highest BCUT2D eigenvalue weighted by atomic mass is 15.3. The van der Waals surface area contributed by atoms with Crippen molar-refractivity contribution in [1.82, 2.24) is 4.90 Å². The fourth-order valence-corrected chi connectivity index (χ4v) is 2.49. The van der Waals surface area contributed by atoms with E-state index in [4.69, 9.17) is 1.37 Å². The Bertz CT molecular complexity index is 525. The molecule has 0 amide bonds. The number of benzene rings is 2. The van der Waals surface area contributed by atoms with E-state index < -0.39 is 6.02 Å². The molecule has 0 spiro atoms. The van der Waals surface area contributed by atoms with Gasteiger partial charge in [-0.1, -0.05) is 67.6 Å². The third kappa shape index (κ3) is 1.87. The van der Waals surface area contributed by atoms with Gasteiger partial charge in [-0.25, -0.2) is 0 Å². The first-order valence-corrected chi connectivity index (χ1v) is 6.15. The summed E-state index contributed by atoms with van der Waals surface area (Å²) in [4.78, 5) is 2.22. The summed E-state index contributed by atoms with van der Waals surface area (Å²) in [6.45, 7) is 3.02. The average molecular weight is 224 g/mol. The topological polar surface area (TPSA) is 3.01 Å². The number of hydrogen-bond acceptors (Lipinski definition) is 1. The second-order valence-electron chi connectivity index (χ2n) is 4.35. The van der Waals surface area contributed by atoms with Gasteiger partial charge in [-0.15, -0.1) is 0 Å². The van der Waals surface area contributed by atoms with Gasteiger partial charge < -0.3 is 0 Å². The molecule has 1 saturated heterocycles. The molecule has 2 aromatic carbocycles. The van der Waals surface area contributed by atoms with E-state index >= 15 is 0 Å². The van der Waals surface area contributed by atoms with Crippen LogP contribution in [0.3, 0.4) is 0 Å². The Morgan fingerprint density at radius 2 is 1.47 bits per heavy atom. The normalized spacial score (nSPS) is 31.9. The molecule has 1 aliphatic rings. The van der Waals surface area contributed by atoms with Crippen molar-refractivity contribution in [3.05, 3.63) is 71.8 Å². The summed E-state index contributed by atoms with van der Waals surface area (Å²) >= 11 is 0. The molecule has 0 saturated carbocycles. The Labute approximate surface area is 104 Å². The first-order chi connectivity index (χ1) is 8.78. The summed E-state index contributed by atoms with van der Waals surface area (Å²) in [6.07, 6.45) is 0. The van der Waals surface area contributed by atoms with Crippen LogP contribution < -0.4 is 0 Å². The quantitative estimate of drug-likeness (QED) is 0.716. The summed E-state index contributed by atoms with van der Waals surface area (Å²) in [5, 5.41) is 0. The summed E-state index contributed by atoms with van der Waals surface area (Å²) in [5.41, 5.74) is 2.32. The lowest BCUT2D eigenvalue weighted by Crippen LogP contribution is -1.96. The van der Waals surface area contributed by atoms with Gasteiger partial charge in [0.2, 0.25) is 0 Å². The highest BCUT2D eigenvalue weighted by Crippen LogP contribution is 2.53. The molecule has 3 rings (SSSR count). The largest absolute Gasteiger partial charge is 0.286 e. The predicted molar refractivity (Wildman–Crippen MR) is 70.7 cm³/mol. The van der Waals surface area contributed by atoms with Crippen molar-refractivity contribution in [3.8, 4) is 0 Å². The van der Waals surface area contributed by atoms with Crippen LogP contribution in [0.1, 0.15) is 31.5 Å². The molecule has 1 heteroatoms. The van der Waals surface area contributed by atoms with Crippen molar-refractivity contribution in [2.75, 3.05) is 6.54 Å². The summed E-state index contributed by atoms with van der Waals surface area (Å²) in [7, 11) is 0. The van der Waals surface area contributed by atoms with Crippen molar-refractivity contribution < 1.29 is 1.37 Å². The Morgan fingerprint density at radius 3 is 2.00 bits per heavy atom. The molecule has 17 heavy (non-hydrogen) atoms. The maximum atomic E-state index is 8.76. The zero-order valence-corrected chi connectivity index (χ0v) is 10.0. The standard InChI is InChI=1S/C16H17N/c1-2-17-15(13-9-5-3-6-10-13)16(17)14-11-7-4-8-12-14/h3-12,15-16H,2H2,1H3/t15-,16+,17?/i15D/m1/s1. The predicted octanol–water partition coefficient (Wildman–Crippen LogP) is 3.80. The van der Waals surface area contributed by atoms with Gasteiger partial charge >= 0.3 is 0 Å². The molecule has 2 aromatic rings. The summed E-state index contributed by atoms with van der Waals surface area (Å²) in [5.74, 6) is 0. The number of rotatable bonds is 3. The van der Waals surface area contributed by atoms with Crippen LogP contribution in [-0.4, -0.2) is 11.4 Å². The molecule has 86 valence electrons. The van der Waals surface area contributed by atoms with Crippen LogP contribution in [0.4, 0.5) is 0 Å². The van der Waals surface area contributed by atoms with Crippen molar-refractivity contribution in [2.45, 2.75) is 19.0 Å². The van der Waals surface area contributed by atoms with Crippen LogP contribution in [0.25, 0.3) is 0 Å². The molecule has 0 N–H and O–H groups in total. The molecule has 0 radical (unpaired) electrons. The Hall–Kier alpha value is -1.60.